The van der Waals surface area contributed by atoms with Crippen LogP contribution in [0.2, 0.25) is 0 Å². The molecule has 3 aromatic rings. The molecular formula is C29H31BrN2O5. The van der Waals surface area contributed by atoms with E-state index in [1.165, 1.54) is 0 Å². The Morgan fingerprint density at radius 3 is 2.46 bits per heavy atom. The first-order valence-corrected chi connectivity index (χ1v) is 12.9. The number of nitrogens with zero attached hydrogens (tertiary/aromatic N) is 2. The minimum Gasteiger partial charge on any atom is -0.497 e. The zero-order chi connectivity index (χ0) is 26.4. The molecule has 0 spiro atoms. The van der Waals surface area contributed by atoms with Crippen LogP contribution in [0.4, 0.5) is 0 Å². The van der Waals surface area contributed by atoms with Gasteiger partial charge in [-0.15, -0.1) is 0 Å². The molecule has 1 N–H and O–H groups in total. The van der Waals surface area contributed by atoms with Crippen LogP contribution in [-0.4, -0.2) is 61.8 Å². The molecule has 3 aromatic carbocycles. The van der Waals surface area contributed by atoms with Gasteiger partial charge in [-0.3, -0.25) is 4.79 Å². The second kappa shape index (κ2) is 11.8. The van der Waals surface area contributed by atoms with Gasteiger partial charge in [0.05, 0.1) is 13.7 Å². The van der Waals surface area contributed by atoms with Gasteiger partial charge >= 0.3 is 0 Å². The first kappa shape index (κ1) is 26.7. The molecule has 194 valence electrons. The lowest BCUT2D eigenvalue weighted by molar-refractivity contribution is -0.137. The minimum atomic E-state index is -1.23. The summed E-state index contributed by atoms with van der Waals surface area (Å²) in [5.41, 5.74) is 1.28. The number of ether oxygens (including phenoxy) is 3. The van der Waals surface area contributed by atoms with Crippen molar-refractivity contribution in [3.8, 4) is 11.5 Å². The normalized spacial score (nSPS) is 18.6. The number of methoxy groups -OCH3 is 1. The zero-order valence-corrected chi connectivity index (χ0v) is 22.8. The van der Waals surface area contributed by atoms with E-state index in [2.05, 4.69) is 15.9 Å². The lowest BCUT2D eigenvalue weighted by Gasteiger charge is -2.33. The number of aliphatic hydroxyl groups is 1. The van der Waals surface area contributed by atoms with Gasteiger partial charge in [0.2, 0.25) is 5.90 Å². The highest BCUT2D eigenvalue weighted by molar-refractivity contribution is 9.10. The molecule has 0 fully saturated rings. The molecule has 1 aliphatic rings. The molecule has 0 aromatic heterocycles. The Morgan fingerprint density at radius 1 is 1.08 bits per heavy atom. The quantitative estimate of drug-likeness (QED) is 0.356. The van der Waals surface area contributed by atoms with Gasteiger partial charge in [-0.2, -0.15) is 0 Å². The predicted molar refractivity (Wildman–Crippen MR) is 146 cm³/mol. The van der Waals surface area contributed by atoms with E-state index in [0.29, 0.717) is 36.8 Å². The van der Waals surface area contributed by atoms with Gasteiger partial charge in [-0.1, -0.05) is 40.2 Å². The second-order valence-electron chi connectivity index (χ2n) is 9.07. The van der Waals surface area contributed by atoms with Crippen LogP contribution >= 0.6 is 15.9 Å². The second-order valence-corrected chi connectivity index (χ2v) is 9.98. The molecule has 0 bridgehead atoms. The summed E-state index contributed by atoms with van der Waals surface area (Å²) in [5.74, 6) is 1.60. The number of likely N-dealkylation sites (N-methyl/N-ethyl adjacent to an activating group) is 1. The minimum absolute atomic E-state index is 0.0781. The molecule has 0 saturated heterocycles. The molecule has 1 amide bonds. The molecule has 0 radical (unpaired) electrons. The van der Waals surface area contributed by atoms with Crippen molar-refractivity contribution < 1.29 is 24.1 Å². The molecule has 2 atom stereocenters. The number of benzene rings is 3. The number of amides is 1. The summed E-state index contributed by atoms with van der Waals surface area (Å²) in [7, 11) is 5.08. The average Bonchev–Trinajstić information content (AvgIpc) is 3.30. The fraction of sp³-hybridized carbons (Fsp3) is 0.310. The van der Waals surface area contributed by atoms with Crippen molar-refractivity contribution in [2.45, 2.75) is 24.5 Å². The molecule has 0 unspecified atom stereocenters. The van der Waals surface area contributed by atoms with Crippen LogP contribution < -0.4 is 9.47 Å². The molecule has 7 nitrogen and oxygen atoms in total. The largest absolute Gasteiger partial charge is 0.497 e. The lowest BCUT2D eigenvalue weighted by atomic mass is 9.81. The van der Waals surface area contributed by atoms with Crippen molar-refractivity contribution in [2.75, 3.05) is 34.4 Å². The highest BCUT2D eigenvalue weighted by atomic mass is 79.9. The molecule has 1 heterocycles. The van der Waals surface area contributed by atoms with E-state index in [9.17, 15) is 4.79 Å². The van der Waals surface area contributed by atoms with E-state index in [0.717, 1.165) is 21.2 Å². The fourth-order valence-electron chi connectivity index (χ4n) is 4.37. The first-order valence-electron chi connectivity index (χ1n) is 12.1. The molecular weight excluding hydrogens is 536 g/mol. The summed E-state index contributed by atoms with van der Waals surface area (Å²) in [6.45, 7) is 0.508. The Hall–Kier alpha value is -3.36. The Balaban J connectivity index is 1.79. The van der Waals surface area contributed by atoms with Crippen LogP contribution in [-0.2, 0) is 16.0 Å². The fourth-order valence-corrected chi connectivity index (χ4v) is 4.64. The van der Waals surface area contributed by atoms with Crippen LogP contribution in [0.3, 0.4) is 0 Å². The van der Waals surface area contributed by atoms with E-state index in [4.69, 9.17) is 24.3 Å². The van der Waals surface area contributed by atoms with Crippen molar-refractivity contribution in [3.63, 3.8) is 0 Å². The highest BCUT2D eigenvalue weighted by Gasteiger charge is 2.54. The van der Waals surface area contributed by atoms with Crippen molar-refractivity contribution in [2.24, 2.45) is 4.99 Å². The number of aliphatic imine (C=N–C) groups is 1. The number of carbonyl (C=O) groups is 1. The van der Waals surface area contributed by atoms with Gasteiger partial charge in [0.15, 0.2) is 11.6 Å². The Bertz CT molecular complexity index is 1240. The molecule has 0 saturated carbocycles. The third kappa shape index (κ3) is 5.97. The molecule has 8 heteroatoms. The zero-order valence-electron chi connectivity index (χ0n) is 21.2. The number of halogens is 1. The van der Waals surface area contributed by atoms with Crippen LogP contribution in [0, 0.1) is 0 Å². The number of hydrogen-bond donors (Lipinski definition) is 1. The lowest BCUT2D eigenvalue weighted by Crippen LogP contribution is -2.49. The van der Waals surface area contributed by atoms with Gasteiger partial charge in [0.1, 0.15) is 11.5 Å². The molecule has 37 heavy (non-hydrogen) atoms. The van der Waals surface area contributed by atoms with E-state index < -0.39 is 11.6 Å². The summed E-state index contributed by atoms with van der Waals surface area (Å²) in [6, 6.07) is 22.9. The van der Waals surface area contributed by atoms with Crippen molar-refractivity contribution >= 4 is 27.7 Å². The average molecular weight is 567 g/mol. The summed E-state index contributed by atoms with van der Waals surface area (Å²) in [5, 5.41) is 8.98. The topological polar surface area (TPSA) is 80.6 Å². The third-order valence-electron chi connectivity index (χ3n) is 6.20. The maximum Gasteiger partial charge on any atom is 0.254 e. The van der Waals surface area contributed by atoms with Gasteiger partial charge in [-0.25, -0.2) is 4.99 Å². The number of carbonyl (C=O) groups excluding carboxylic acids is 1. The maximum absolute atomic E-state index is 13.9. The molecule has 0 aliphatic carbocycles. The van der Waals surface area contributed by atoms with Crippen LogP contribution in [0.25, 0.3) is 0 Å². The molecule has 4 rings (SSSR count). The maximum atomic E-state index is 13.9. The summed E-state index contributed by atoms with van der Waals surface area (Å²) < 4.78 is 18.6. The van der Waals surface area contributed by atoms with Crippen LogP contribution in [0.1, 0.15) is 29.2 Å². The van der Waals surface area contributed by atoms with Crippen LogP contribution in [0.5, 0.6) is 11.5 Å². The van der Waals surface area contributed by atoms with Crippen molar-refractivity contribution in [1.82, 2.24) is 4.90 Å². The first-order chi connectivity index (χ1) is 17.9. The summed E-state index contributed by atoms with van der Waals surface area (Å²) >= 11 is 3.49. The van der Waals surface area contributed by atoms with Crippen molar-refractivity contribution in [1.29, 1.82) is 0 Å². The Kier molecular flexibility index (Phi) is 8.51. The van der Waals surface area contributed by atoms with E-state index in [1.807, 2.05) is 72.8 Å². The van der Waals surface area contributed by atoms with E-state index in [-0.39, 0.29) is 12.5 Å². The molecule has 1 aliphatic heterocycles. The monoisotopic (exact) mass is 566 g/mol. The van der Waals surface area contributed by atoms with Gasteiger partial charge < -0.3 is 24.2 Å². The predicted octanol–water partition coefficient (Wildman–Crippen LogP) is 4.81. The number of aliphatic hydroxyl groups excluding tert-OH is 1. The standard InChI is InChI=1S/C29H31BrN2O5/c1-32(2)28(34)29(19-20-8-12-23(30)13-9-20)26(22-6-4-7-25(18-22)35-3)37-27(31-29)21-10-14-24(15-11-21)36-17-5-16-33/h4,6-15,18,26,33H,5,16-17,19H2,1-3H3/t26-,29-/m1/s1. The Morgan fingerprint density at radius 2 is 1.81 bits per heavy atom. The van der Waals surface area contributed by atoms with Gasteiger partial charge in [0.25, 0.3) is 5.91 Å². The van der Waals surface area contributed by atoms with Gasteiger partial charge in [0, 0.05) is 43.6 Å². The summed E-state index contributed by atoms with van der Waals surface area (Å²) in [4.78, 5) is 20.5. The summed E-state index contributed by atoms with van der Waals surface area (Å²) in [6.07, 6.45) is 0.243. The number of rotatable bonds is 10. The number of hydrogen-bond acceptors (Lipinski definition) is 6. The van der Waals surface area contributed by atoms with Crippen molar-refractivity contribution in [3.05, 3.63) is 94.0 Å². The van der Waals surface area contributed by atoms with E-state index >= 15 is 0 Å². The third-order valence-corrected chi connectivity index (χ3v) is 6.73. The SMILES string of the molecule is COc1cccc([C@H]2OC(c3ccc(OCCCO)cc3)=N[C@@]2(Cc2ccc(Br)cc2)C(=O)N(C)C)c1. The Labute approximate surface area is 225 Å². The van der Waals surface area contributed by atoms with Gasteiger partial charge in [-0.05, 0) is 59.7 Å². The smallest absolute Gasteiger partial charge is 0.254 e. The van der Waals surface area contributed by atoms with E-state index in [1.54, 1.807) is 26.1 Å². The van der Waals surface area contributed by atoms with Crippen LogP contribution in [0.15, 0.2) is 82.3 Å². The highest BCUT2D eigenvalue weighted by Crippen LogP contribution is 2.44.